The summed E-state index contributed by atoms with van der Waals surface area (Å²) in [6, 6.07) is 6.64. The van der Waals surface area contributed by atoms with Crippen LogP contribution >= 0.6 is 0 Å². The predicted molar refractivity (Wildman–Crippen MR) is 84.3 cm³/mol. The van der Waals surface area contributed by atoms with Crippen LogP contribution < -0.4 is 15.8 Å². The van der Waals surface area contributed by atoms with Crippen LogP contribution in [0.2, 0.25) is 0 Å². The number of ether oxygens (including phenoxy) is 1. The zero-order valence-electron chi connectivity index (χ0n) is 13.0. The number of amides is 1. The lowest BCUT2D eigenvalue weighted by molar-refractivity contribution is -0.122. The number of nitrogens with two attached hydrogens (primary N) is 1. The second-order valence-electron chi connectivity index (χ2n) is 5.84. The van der Waals surface area contributed by atoms with E-state index in [1.165, 1.54) is 24.0 Å². The topological polar surface area (TPSA) is 64.3 Å². The van der Waals surface area contributed by atoms with Gasteiger partial charge >= 0.3 is 0 Å². The van der Waals surface area contributed by atoms with E-state index in [0.29, 0.717) is 12.6 Å². The lowest BCUT2D eigenvalue weighted by atomic mass is 9.87. The summed E-state index contributed by atoms with van der Waals surface area (Å²) < 4.78 is 5.85. The van der Waals surface area contributed by atoms with E-state index in [9.17, 15) is 4.79 Å². The monoisotopic (exact) mass is 290 g/mol. The molecule has 2 rings (SSSR count). The maximum atomic E-state index is 11.1. The van der Waals surface area contributed by atoms with E-state index in [2.05, 4.69) is 18.3 Å². The normalized spacial score (nSPS) is 18.9. The highest BCUT2D eigenvalue weighted by Gasteiger charge is 2.22. The van der Waals surface area contributed by atoms with Gasteiger partial charge in [0, 0.05) is 6.04 Å². The quantitative estimate of drug-likeness (QED) is 0.811. The number of fused-ring (bicyclic) bond motifs is 1. The van der Waals surface area contributed by atoms with Gasteiger partial charge in [0.15, 0.2) is 0 Å². The minimum absolute atomic E-state index is 0.265. The third kappa shape index (κ3) is 3.97. The van der Waals surface area contributed by atoms with Crippen LogP contribution in [-0.4, -0.2) is 19.1 Å². The van der Waals surface area contributed by atoms with Gasteiger partial charge in [-0.1, -0.05) is 26.0 Å². The number of hydrogen-bond acceptors (Lipinski definition) is 3. The average molecular weight is 290 g/mol. The van der Waals surface area contributed by atoms with Crippen LogP contribution in [-0.2, 0) is 11.2 Å². The molecule has 4 heteroatoms. The summed E-state index contributed by atoms with van der Waals surface area (Å²) in [5, 5.41) is 3.61. The van der Waals surface area contributed by atoms with Crippen molar-refractivity contribution >= 4 is 5.91 Å². The molecule has 1 aliphatic rings. The second kappa shape index (κ2) is 7.46. The summed E-state index contributed by atoms with van der Waals surface area (Å²) in [6.45, 7) is 5.36. The number of carbonyl (C=O) groups is 1. The maximum Gasteiger partial charge on any atom is 0.223 e. The molecule has 0 fully saturated rings. The Morgan fingerprint density at radius 1 is 1.52 bits per heavy atom. The van der Waals surface area contributed by atoms with E-state index >= 15 is 0 Å². The molecule has 0 heterocycles. The Morgan fingerprint density at radius 3 is 3.05 bits per heavy atom. The molecule has 116 valence electrons. The molecule has 3 N–H and O–H groups in total. The Hall–Kier alpha value is -1.55. The van der Waals surface area contributed by atoms with Crippen molar-refractivity contribution in [3.05, 3.63) is 29.3 Å². The highest BCUT2D eigenvalue weighted by molar-refractivity contribution is 5.76. The molecule has 1 aromatic rings. The van der Waals surface area contributed by atoms with E-state index in [0.717, 1.165) is 25.1 Å². The molecule has 21 heavy (non-hydrogen) atoms. The minimum atomic E-state index is -0.317. The largest absolute Gasteiger partial charge is 0.492 e. The first kappa shape index (κ1) is 15.8. The van der Waals surface area contributed by atoms with E-state index in [-0.39, 0.29) is 11.8 Å². The molecule has 0 spiro atoms. The standard InChI is InChI=1S/C17H26N2O2/c1-3-10-19-15-8-4-7-14-13(15)6-5-9-16(14)21-11-12(2)17(18)20/h5-6,9,12,15,19H,3-4,7-8,10-11H2,1-2H3,(H2,18,20). The van der Waals surface area contributed by atoms with Gasteiger partial charge in [0.1, 0.15) is 5.75 Å². The average Bonchev–Trinajstić information content (AvgIpc) is 2.50. The molecule has 2 unspecified atom stereocenters. The third-order valence-corrected chi connectivity index (χ3v) is 4.08. The molecular formula is C17H26N2O2. The number of rotatable bonds is 7. The minimum Gasteiger partial charge on any atom is -0.492 e. The SMILES string of the molecule is CCCNC1CCCc2c(OCC(C)C(N)=O)cccc21. The van der Waals surface area contributed by atoms with Gasteiger partial charge in [-0.3, -0.25) is 4.79 Å². The van der Waals surface area contributed by atoms with Gasteiger partial charge in [-0.25, -0.2) is 0 Å². The Morgan fingerprint density at radius 2 is 2.33 bits per heavy atom. The number of nitrogens with one attached hydrogen (secondary N) is 1. The summed E-state index contributed by atoms with van der Waals surface area (Å²) in [4.78, 5) is 11.1. The number of primary amides is 1. The fraction of sp³-hybridized carbons (Fsp3) is 0.588. The summed E-state index contributed by atoms with van der Waals surface area (Å²) in [5.41, 5.74) is 7.92. The zero-order valence-corrected chi connectivity index (χ0v) is 13.0. The maximum absolute atomic E-state index is 11.1. The summed E-state index contributed by atoms with van der Waals surface area (Å²) >= 11 is 0. The summed E-state index contributed by atoms with van der Waals surface area (Å²) in [5.74, 6) is 0.323. The molecule has 1 aliphatic carbocycles. The lowest BCUT2D eigenvalue weighted by Crippen LogP contribution is -2.27. The molecule has 0 saturated carbocycles. The smallest absolute Gasteiger partial charge is 0.223 e. The summed E-state index contributed by atoms with van der Waals surface area (Å²) in [6.07, 6.45) is 4.52. The van der Waals surface area contributed by atoms with E-state index in [4.69, 9.17) is 10.5 Å². The van der Waals surface area contributed by atoms with Crippen LogP contribution in [0.4, 0.5) is 0 Å². The van der Waals surface area contributed by atoms with Crippen molar-refractivity contribution in [3.63, 3.8) is 0 Å². The molecule has 0 aromatic heterocycles. The second-order valence-corrected chi connectivity index (χ2v) is 5.84. The molecule has 0 radical (unpaired) electrons. The molecule has 4 nitrogen and oxygen atoms in total. The Bertz CT molecular complexity index is 488. The van der Waals surface area contributed by atoms with Crippen molar-refractivity contribution in [2.45, 2.75) is 45.6 Å². The fourth-order valence-electron chi connectivity index (χ4n) is 2.78. The summed E-state index contributed by atoms with van der Waals surface area (Å²) in [7, 11) is 0. The van der Waals surface area contributed by atoms with E-state index in [1.807, 2.05) is 12.1 Å². The van der Waals surface area contributed by atoms with Crippen molar-refractivity contribution in [3.8, 4) is 5.75 Å². The van der Waals surface area contributed by atoms with Crippen LogP contribution in [0.25, 0.3) is 0 Å². The molecule has 0 aliphatic heterocycles. The van der Waals surface area contributed by atoms with Crippen LogP contribution in [0.15, 0.2) is 18.2 Å². The van der Waals surface area contributed by atoms with Gasteiger partial charge in [-0.2, -0.15) is 0 Å². The highest BCUT2D eigenvalue weighted by atomic mass is 16.5. The van der Waals surface area contributed by atoms with E-state index in [1.54, 1.807) is 6.92 Å². The van der Waals surface area contributed by atoms with Gasteiger partial charge in [0.05, 0.1) is 12.5 Å². The Balaban J connectivity index is 2.12. The predicted octanol–water partition coefficient (Wildman–Crippen LogP) is 2.56. The Labute approximate surface area is 127 Å². The van der Waals surface area contributed by atoms with Gasteiger partial charge in [-0.05, 0) is 49.4 Å². The first-order valence-corrected chi connectivity index (χ1v) is 7.90. The van der Waals surface area contributed by atoms with Gasteiger partial charge in [0.25, 0.3) is 0 Å². The molecule has 0 bridgehead atoms. The van der Waals surface area contributed by atoms with Gasteiger partial charge in [-0.15, -0.1) is 0 Å². The highest BCUT2D eigenvalue weighted by Crippen LogP contribution is 2.35. The first-order chi connectivity index (χ1) is 10.1. The molecule has 1 amide bonds. The molecular weight excluding hydrogens is 264 g/mol. The van der Waals surface area contributed by atoms with Crippen molar-refractivity contribution < 1.29 is 9.53 Å². The van der Waals surface area contributed by atoms with Crippen molar-refractivity contribution in [1.29, 1.82) is 0 Å². The van der Waals surface area contributed by atoms with Crippen LogP contribution in [0.5, 0.6) is 5.75 Å². The Kier molecular flexibility index (Phi) is 5.62. The van der Waals surface area contributed by atoms with Crippen LogP contribution in [0.3, 0.4) is 0 Å². The van der Waals surface area contributed by atoms with Crippen LogP contribution in [0, 0.1) is 5.92 Å². The van der Waals surface area contributed by atoms with Gasteiger partial charge in [0.2, 0.25) is 5.91 Å². The van der Waals surface area contributed by atoms with Crippen LogP contribution in [0.1, 0.15) is 50.3 Å². The molecule has 2 atom stereocenters. The third-order valence-electron chi connectivity index (χ3n) is 4.08. The van der Waals surface area contributed by atoms with Crippen molar-refractivity contribution in [1.82, 2.24) is 5.32 Å². The number of benzene rings is 1. The number of carbonyl (C=O) groups excluding carboxylic acids is 1. The van der Waals surface area contributed by atoms with Gasteiger partial charge < -0.3 is 15.8 Å². The van der Waals surface area contributed by atoms with Crippen molar-refractivity contribution in [2.24, 2.45) is 11.7 Å². The zero-order chi connectivity index (χ0) is 15.2. The van der Waals surface area contributed by atoms with E-state index < -0.39 is 0 Å². The van der Waals surface area contributed by atoms with Crippen molar-refractivity contribution in [2.75, 3.05) is 13.2 Å². The molecule has 0 saturated heterocycles. The first-order valence-electron chi connectivity index (χ1n) is 7.90. The number of hydrogen-bond donors (Lipinski definition) is 2. The fourth-order valence-corrected chi connectivity index (χ4v) is 2.78. The molecule has 1 aromatic carbocycles. The lowest BCUT2D eigenvalue weighted by Gasteiger charge is -2.28.